The third-order valence-corrected chi connectivity index (χ3v) is 6.54. The number of benzene rings is 2. The number of nitriles is 2. The van der Waals surface area contributed by atoms with Gasteiger partial charge in [0.05, 0.1) is 46.4 Å². The van der Waals surface area contributed by atoms with E-state index < -0.39 is 17.3 Å². The summed E-state index contributed by atoms with van der Waals surface area (Å²) in [5.74, 6) is -0.401. The van der Waals surface area contributed by atoms with E-state index in [1.54, 1.807) is 38.1 Å². The number of fused-ring (bicyclic) bond motifs is 1. The van der Waals surface area contributed by atoms with Crippen LogP contribution in [0.15, 0.2) is 54.5 Å². The van der Waals surface area contributed by atoms with Gasteiger partial charge in [0.2, 0.25) is 0 Å². The van der Waals surface area contributed by atoms with Gasteiger partial charge in [-0.25, -0.2) is 4.39 Å². The zero-order valence-corrected chi connectivity index (χ0v) is 21.1. The molecule has 2 aliphatic rings. The van der Waals surface area contributed by atoms with Crippen molar-refractivity contribution in [3.05, 3.63) is 76.5 Å². The molecule has 1 saturated carbocycles. The maximum Gasteiger partial charge on any atom is 0.123 e. The van der Waals surface area contributed by atoms with E-state index in [0.717, 1.165) is 12.8 Å². The average molecular weight is 518 g/mol. The van der Waals surface area contributed by atoms with Crippen LogP contribution in [-0.2, 0) is 0 Å². The maximum atomic E-state index is 13.8. The van der Waals surface area contributed by atoms with E-state index in [1.165, 1.54) is 18.3 Å². The Morgan fingerprint density at radius 2 is 2.05 bits per heavy atom. The molecule has 10 heteroatoms. The molecule has 1 aromatic heterocycles. The van der Waals surface area contributed by atoms with Crippen molar-refractivity contribution in [1.82, 2.24) is 21.0 Å². The summed E-state index contributed by atoms with van der Waals surface area (Å²) in [6, 6.07) is 12.4. The number of nitrogens with one attached hydrogen (secondary N) is 4. The van der Waals surface area contributed by atoms with Crippen molar-refractivity contribution < 1.29 is 5.76 Å². The highest BCUT2D eigenvalue weighted by Crippen LogP contribution is 2.37. The Kier molecular flexibility index (Phi) is 6.17. The number of anilines is 2. The van der Waals surface area contributed by atoms with Crippen LogP contribution < -0.4 is 21.6 Å². The van der Waals surface area contributed by atoms with E-state index in [-0.39, 0.29) is 0 Å². The second-order valence-corrected chi connectivity index (χ2v) is 10.2. The quantitative estimate of drug-likeness (QED) is 0.317. The summed E-state index contributed by atoms with van der Waals surface area (Å²) in [5.41, 5.74) is 8.31. The summed E-state index contributed by atoms with van der Waals surface area (Å²) in [5, 5.41) is 28.5. The standard InChI is InChI=1S/C27H26ClFN8/c1-27(2,14-31)15-33-24-17(11-30)12-32-26-21(24)9-19(10-22(26)28)34-25(16-3-5-18(29)6-4-16)23-13-37(36-35-23)20-7-8-20/h3-6,9-10,12-13,20,25,34-36H,7-8,15H2,1-2H3,(H,32,33)/i25D. The molecule has 0 radical (unpaired) electrons. The lowest BCUT2D eigenvalue weighted by Crippen LogP contribution is -2.38. The van der Waals surface area contributed by atoms with E-state index in [9.17, 15) is 16.3 Å². The van der Waals surface area contributed by atoms with Crippen LogP contribution in [0.25, 0.3) is 10.9 Å². The topological polar surface area (TPSA) is 112 Å². The largest absolute Gasteiger partial charge is 0.382 e. The summed E-state index contributed by atoms with van der Waals surface area (Å²) >= 11 is 6.65. The lowest BCUT2D eigenvalue weighted by molar-refractivity contribution is 0.260. The number of hydrogen-bond donors (Lipinski definition) is 4. The zero-order chi connectivity index (χ0) is 27.1. The van der Waals surface area contributed by atoms with E-state index in [2.05, 4.69) is 38.7 Å². The SMILES string of the molecule is [2H]C(Nc1cc(Cl)c2ncc(C#N)c(NCC(C)(C)C#N)c2c1)(C1=CN(C2CC2)NN1)c1ccc(F)cc1. The first kappa shape index (κ1) is 23.4. The summed E-state index contributed by atoms with van der Waals surface area (Å²) in [6.45, 7) is 3.89. The number of hydrogen-bond acceptors (Lipinski definition) is 8. The third kappa shape index (κ3) is 5.24. The molecule has 0 amide bonds. The van der Waals surface area contributed by atoms with Crippen molar-refractivity contribution in [2.75, 3.05) is 17.2 Å². The first-order chi connectivity index (χ1) is 18.1. The van der Waals surface area contributed by atoms with Gasteiger partial charge in [-0.05, 0) is 56.5 Å². The second kappa shape index (κ2) is 9.78. The number of aromatic nitrogens is 1. The van der Waals surface area contributed by atoms with E-state index in [4.69, 9.17) is 11.6 Å². The summed E-state index contributed by atoms with van der Waals surface area (Å²) in [4.78, 5) is 4.38. The lowest BCUT2D eigenvalue weighted by Gasteiger charge is -2.23. The van der Waals surface area contributed by atoms with E-state index >= 15 is 0 Å². The van der Waals surface area contributed by atoms with Crippen LogP contribution in [0, 0.1) is 33.9 Å². The molecular formula is C27H26ClFN8. The van der Waals surface area contributed by atoms with Crippen LogP contribution in [0.2, 0.25) is 5.02 Å². The normalized spacial score (nSPS) is 17.2. The van der Waals surface area contributed by atoms with Crippen LogP contribution in [0.5, 0.6) is 0 Å². The van der Waals surface area contributed by atoms with Crippen molar-refractivity contribution in [2.45, 2.75) is 38.7 Å². The molecule has 2 aromatic carbocycles. The minimum Gasteiger partial charge on any atom is -0.382 e. The Morgan fingerprint density at radius 3 is 2.73 bits per heavy atom. The fourth-order valence-corrected chi connectivity index (χ4v) is 4.28. The van der Waals surface area contributed by atoms with Gasteiger partial charge in [-0.2, -0.15) is 10.5 Å². The Bertz CT molecular complexity index is 1510. The molecule has 1 atom stereocenters. The average Bonchev–Trinajstić information content (AvgIpc) is 3.63. The van der Waals surface area contributed by atoms with Gasteiger partial charge < -0.3 is 16.1 Å². The second-order valence-electron chi connectivity index (χ2n) is 9.79. The van der Waals surface area contributed by atoms with Gasteiger partial charge in [0.25, 0.3) is 0 Å². The molecule has 188 valence electrons. The summed E-state index contributed by atoms with van der Waals surface area (Å²) in [6.07, 6.45) is 5.40. The fraction of sp³-hybridized carbons (Fsp3) is 0.296. The van der Waals surface area contributed by atoms with Gasteiger partial charge in [0, 0.05) is 36.1 Å². The monoisotopic (exact) mass is 517 g/mol. The molecule has 4 N–H and O–H groups in total. The minimum absolute atomic E-state index is 0.296. The van der Waals surface area contributed by atoms with Crippen LogP contribution in [-0.4, -0.2) is 22.6 Å². The molecule has 37 heavy (non-hydrogen) atoms. The Labute approximate surface area is 221 Å². The molecule has 1 aliphatic heterocycles. The predicted molar refractivity (Wildman–Crippen MR) is 141 cm³/mol. The first-order valence-corrected chi connectivity index (χ1v) is 12.3. The molecule has 8 nitrogen and oxygen atoms in total. The first-order valence-electron chi connectivity index (χ1n) is 12.4. The van der Waals surface area contributed by atoms with Crippen molar-refractivity contribution >= 4 is 33.9 Å². The van der Waals surface area contributed by atoms with Crippen LogP contribution in [0.3, 0.4) is 0 Å². The van der Waals surface area contributed by atoms with Crippen molar-refractivity contribution in [3.63, 3.8) is 0 Å². The zero-order valence-electron chi connectivity index (χ0n) is 21.4. The molecular weight excluding hydrogens is 491 g/mol. The number of pyridine rings is 1. The molecule has 5 rings (SSSR count). The molecule has 2 heterocycles. The Hall–Kier alpha value is -4.05. The fourth-order valence-electron chi connectivity index (χ4n) is 4.02. The molecule has 3 aromatic rings. The number of halogens is 2. The van der Waals surface area contributed by atoms with Gasteiger partial charge >= 0.3 is 0 Å². The molecule has 0 saturated heterocycles. The van der Waals surface area contributed by atoms with Crippen LogP contribution in [0.1, 0.15) is 45.2 Å². The number of rotatable bonds is 8. The van der Waals surface area contributed by atoms with E-state index in [1.807, 2.05) is 11.2 Å². The van der Waals surface area contributed by atoms with Crippen molar-refractivity contribution in [3.8, 4) is 12.1 Å². The summed E-state index contributed by atoms with van der Waals surface area (Å²) in [7, 11) is 0. The smallest absolute Gasteiger partial charge is 0.123 e. The van der Waals surface area contributed by atoms with E-state index in [0.29, 0.717) is 56.7 Å². The molecule has 1 aliphatic carbocycles. The molecule has 1 fully saturated rings. The predicted octanol–water partition coefficient (Wildman–Crippen LogP) is 5.34. The van der Waals surface area contributed by atoms with Gasteiger partial charge in [0.1, 0.15) is 11.9 Å². The highest BCUT2D eigenvalue weighted by Gasteiger charge is 2.32. The maximum absolute atomic E-state index is 13.8. The molecule has 0 spiro atoms. The number of hydrazine groups is 2. The highest BCUT2D eigenvalue weighted by molar-refractivity contribution is 6.35. The van der Waals surface area contributed by atoms with Crippen LogP contribution in [0.4, 0.5) is 15.8 Å². The molecule has 1 unspecified atom stereocenters. The lowest BCUT2D eigenvalue weighted by atomic mass is 9.95. The van der Waals surface area contributed by atoms with Crippen molar-refractivity contribution in [1.29, 1.82) is 10.5 Å². The Balaban J connectivity index is 1.59. The van der Waals surface area contributed by atoms with Gasteiger partial charge in [-0.1, -0.05) is 23.7 Å². The molecule has 0 bridgehead atoms. The summed E-state index contributed by atoms with van der Waals surface area (Å²) < 4.78 is 23.3. The van der Waals surface area contributed by atoms with Gasteiger partial charge in [0.15, 0.2) is 0 Å². The number of nitrogens with zero attached hydrogens (tertiary/aromatic N) is 4. The highest BCUT2D eigenvalue weighted by atomic mass is 35.5. The van der Waals surface area contributed by atoms with Gasteiger partial charge in [-0.3, -0.25) is 9.99 Å². The minimum atomic E-state index is -1.54. The van der Waals surface area contributed by atoms with Crippen LogP contribution >= 0.6 is 11.6 Å². The third-order valence-electron chi connectivity index (χ3n) is 6.25. The van der Waals surface area contributed by atoms with Gasteiger partial charge in [-0.15, -0.1) is 5.53 Å². The Morgan fingerprint density at radius 1 is 1.30 bits per heavy atom. The van der Waals surface area contributed by atoms with Crippen molar-refractivity contribution in [2.24, 2.45) is 5.41 Å².